The number of rotatable bonds is 8. The first-order valence-corrected chi connectivity index (χ1v) is 10.0. The zero-order valence-electron chi connectivity index (χ0n) is 16.5. The molecule has 2 aromatic rings. The number of hydrogen-bond acceptors (Lipinski definition) is 3. The van der Waals surface area contributed by atoms with Crippen molar-refractivity contribution in [2.24, 2.45) is 5.92 Å². The summed E-state index contributed by atoms with van der Waals surface area (Å²) in [5.41, 5.74) is 4.48. The van der Waals surface area contributed by atoms with Crippen LogP contribution in [0.5, 0.6) is 0 Å². The van der Waals surface area contributed by atoms with E-state index in [1.54, 1.807) is 0 Å². The molecule has 4 nitrogen and oxygen atoms in total. The Bertz CT molecular complexity index is 753. The highest BCUT2D eigenvalue weighted by Gasteiger charge is 2.15. The van der Waals surface area contributed by atoms with Crippen LogP contribution in [0.15, 0.2) is 48.5 Å². The van der Waals surface area contributed by atoms with Gasteiger partial charge in [-0.05, 0) is 81.1 Å². The van der Waals surface area contributed by atoms with Gasteiger partial charge < -0.3 is 15.5 Å². The summed E-state index contributed by atoms with van der Waals surface area (Å²) < 4.78 is 0. The highest BCUT2D eigenvalue weighted by Crippen LogP contribution is 2.17. The smallest absolute Gasteiger partial charge is 0.251 e. The van der Waals surface area contributed by atoms with Gasteiger partial charge in [-0.15, -0.1) is 0 Å². The first-order chi connectivity index (χ1) is 13.2. The fraction of sp³-hybridized carbons (Fsp3) is 0.435. The number of hydrogen-bond donors (Lipinski definition) is 2. The Kier molecular flexibility index (Phi) is 6.88. The lowest BCUT2D eigenvalue weighted by molar-refractivity contribution is 0.0954. The van der Waals surface area contributed by atoms with Crippen LogP contribution in [0.1, 0.15) is 34.8 Å². The molecule has 0 saturated carbocycles. The lowest BCUT2D eigenvalue weighted by Crippen LogP contribution is -2.35. The molecule has 1 aliphatic rings. The predicted molar refractivity (Wildman–Crippen MR) is 113 cm³/mol. The van der Waals surface area contributed by atoms with Crippen LogP contribution in [0.2, 0.25) is 0 Å². The Morgan fingerprint density at radius 2 is 2.07 bits per heavy atom. The molecule has 1 unspecified atom stereocenters. The van der Waals surface area contributed by atoms with Gasteiger partial charge in [-0.25, -0.2) is 0 Å². The maximum absolute atomic E-state index is 12.6. The normalized spacial score (nSPS) is 16.3. The van der Waals surface area contributed by atoms with Crippen LogP contribution < -0.4 is 15.5 Å². The van der Waals surface area contributed by atoms with Crippen LogP contribution in [0, 0.1) is 12.8 Å². The number of aryl methyl sites for hydroxylation is 1. The molecule has 1 saturated heterocycles. The van der Waals surface area contributed by atoms with Gasteiger partial charge in [-0.3, -0.25) is 4.79 Å². The molecule has 2 N–H and O–H groups in total. The summed E-state index contributed by atoms with van der Waals surface area (Å²) in [6.45, 7) is 8.81. The number of benzene rings is 2. The van der Waals surface area contributed by atoms with Crippen molar-refractivity contribution in [2.45, 2.75) is 26.7 Å². The SMILES string of the molecule is CCN(CCNC(=O)c1cccc(CC2CCNC2)c1)c1cccc(C)c1. The molecule has 0 aliphatic carbocycles. The monoisotopic (exact) mass is 365 g/mol. The summed E-state index contributed by atoms with van der Waals surface area (Å²) in [5.74, 6) is 0.706. The van der Waals surface area contributed by atoms with Crippen molar-refractivity contribution >= 4 is 11.6 Å². The first-order valence-electron chi connectivity index (χ1n) is 10.0. The molecule has 0 spiro atoms. The van der Waals surface area contributed by atoms with Gasteiger partial charge in [-0.2, -0.15) is 0 Å². The van der Waals surface area contributed by atoms with Gasteiger partial charge in [0.2, 0.25) is 0 Å². The molecule has 1 fully saturated rings. The molecular formula is C23H31N3O. The van der Waals surface area contributed by atoms with E-state index in [4.69, 9.17) is 0 Å². The van der Waals surface area contributed by atoms with Crippen molar-refractivity contribution in [1.82, 2.24) is 10.6 Å². The quantitative estimate of drug-likeness (QED) is 0.754. The van der Waals surface area contributed by atoms with E-state index >= 15 is 0 Å². The number of likely N-dealkylation sites (N-methyl/N-ethyl adjacent to an activating group) is 1. The summed E-state index contributed by atoms with van der Waals surface area (Å²) in [6.07, 6.45) is 2.27. The Balaban J connectivity index is 1.52. The van der Waals surface area contributed by atoms with E-state index in [0.717, 1.165) is 38.2 Å². The van der Waals surface area contributed by atoms with Gasteiger partial charge in [-0.1, -0.05) is 24.3 Å². The second kappa shape index (κ2) is 9.56. The number of nitrogens with one attached hydrogen (secondary N) is 2. The molecule has 27 heavy (non-hydrogen) atoms. The summed E-state index contributed by atoms with van der Waals surface area (Å²) in [5, 5.41) is 6.48. The third-order valence-electron chi connectivity index (χ3n) is 5.29. The van der Waals surface area contributed by atoms with Crippen LogP contribution in [0.3, 0.4) is 0 Å². The number of carbonyl (C=O) groups excluding carboxylic acids is 1. The molecule has 0 bridgehead atoms. The minimum absolute atomic E-state index is 0.0155. The number of carbonyl (C=O) groups is 1. The Labute approximate surface area is 163 Å². The average molecular weight is 366 g/mol. The minimum Gasteiger partial charge on any atom is -0.370 e. The van der Waals surface area contributed by atoms with Gasteiger partial charge >= 0.3 is 0 Å². The molecule has 1 heterocycles. The Morgan fingerprint density at radius 3 is 2.81 bits per heavy atom. The van der Waals surface area contributed by atoms with Gasteiger partial charge in [0.05, 0.1) is 0 Å². The molecule has 144 valence electrons. The van der Waals surface area contributed by atoms with Crippen LogP contribution in [0.4, 0.5) is 5.69 Å². The van der Waals surface area contributed by atoms with E-state index in [2.05, 4.69) is 59.7 Å². The van der Waals surface area contributed by atoms with Gasteiger partial charge in [0, 0.05) is 30.9 Å². The molecule has 2 aromatic carbocycles. The predicted octanol–water partition coefficient (Wildman–Crippen LogP) is 3.40. The number of amides is 1. The van der Waals surface area contributed by atoms with E-state index in [9.17, 15) is 4.79 Å². The van der Waals surface area contributed by atoms with Crippen LogP contribution in [0.25, 0.3) is 0 Å². The molecular weight excluding hydrogens is 334 g/mol. The fourth-order valence-corrected chi connectivity index (χ4v) is 3.76. The van der Waals surface area contributed by atoms with Crippen molar-refractivity contribution in [1.29, 1.82) is 0 Å². The van der Waals surface area contributed by atoms with Crippen LogP contribution in [-0.2, 0) is 6.42 Å². The molecule has 0 radical (unpaired) electrons. The zero-order valence-corrected chi connectivity index (χ0v) is 16.5. The van der Waals surface area contributed by atoms with Crippen molar-refractivity contribution in [3.05, 3.63) is 65.2 Å². The second-order valence-corrected chi connectivity index (χ2v) is 7.44. The lowest BCUT2D eigenvalue weighted by Gasteiger charge is -2.23. The molecule has 3 rings (SSSR count). The van der Waals surface area contributed by atoms with E-state index in [0.29, 0.717) is 12.5 Å². The molecule has 1 amide bonds. The molecule has 1 aliphatic heterocycles. The maximum Gasteiger partial charge on any atom is 0.251 e. The third-order valence-corrected chi connectivity index (χ3v) is 5.29. The second-order valence-electron chi connectivity index (χ2n) is 7.44. The number of nitrogens with zero attached hydrogens (tertiary/aromatic N) is 1. The van der Waals surface area contributed by atoms with Crippen molar-refractivity contribution in [3.63, 3.8) is 0 Å². The lowest BCUT2D eigenvalue weighted by atomic mass is 9.97. The summed E-state index contributed by atoms with van der Waals surface area (Å²) in [4.78, 5) is 14.8. The molecule has 1 atom stereocenters. The molecule has 0 aromatic heterocycles. The topological polar surface area (TPSA) is 44.4 Å². The first kappa shape index (κ1) is 19.4. The largest absolute Gasteiger partial charge is 0.370 e. The highest BCUT2D eigenvalue weighted by atomic mass is 16.1. The summed E-state index contributed by atoms with van der Waals surface area (Å²) in [7, 11) is 0. The van der Waals surface area contributed by atoms with Crippen molar-refractivity contribution < 1.29 is 4.79 Å². The van der Waals surface area contributed by atoms with Gasteiger partial charge in [0.25, 0.3) is 5.91 Å². The van der Waals surface area contributed by atoms with E-state index in [1.165, 1.54) is 23.2 Å². The van der Waals surface area contributed by atoms with Gasteiger partial charge in [0.15, 0.2) is 0 Å². The highest BCUT2D eigenvalue weighted by molar-refractivity contribution is 5.94. The van der Waals surface area contributed by atoms with E-state index in [-0.39, 0.29) is 5.91 Å². The zero-order chi connectivity index (χ0) is 19.1. The van der Waals surface area contributed by atoms with E-state index in [1.807, 2.05) is 18.2 Å². The Hall–Kier alpha value is -2.33. The van der Waals surface area contributed by atoms with Crippen molar-refractivity contribution in [2.75, 3.05) is 37.6 Å². The fourth-order valence-electron chi connectivity index (χ4n) is 3.76. The summed E-state index contributed by atoms with van der Waals surface area (Å²) >= 11 is 0. The van der Waals surface area contributed by atoms with E-state index < -0.39 is 0 Å². The van der Waals surface area contributed by atoms with Crippen LogP contribution in [-0.4, -0.2) is 38.6 Å². The van der Waals surface area contributed by atoms with Crippen molar-refractivity contribution in [3.8, 4) is 0 Å². The molecule has 4 heteroatoms. The summed E-state index contributed by atoms with van der Waals surface area (Å²) in [6, 6.07) is 16.6. The Morgan fingerprint density at radius 1 is 1.22 bits per heavy atom. The average Bonchev–Trinajstić information content (AvgIpc) is 3.18. The standard InChI is InChI=1S/C23H31N3O/c1-3-26(22-9-4-6-18(2)14-22)13-12-25-23(27)21-8-5-7-19(16-21)15-20-10-11-24-17-20/h4-9,14,16,20,24H,3,10-13,15,17H2,1-2H3,(H,25,27). The maximum atomic E-state index is 12.6. The number of anilines is 1. The van der Waals surface area contributed by atoms with Crippen LogP contribution >= 0.6 is 0 Å². The third kappa shape index (κ3) is 5.57. The van der Waals surface area contributed by atoms with Gasteiger partial charge in [0.1, 0.15) is 0 Å². The minimum atomic E-state index is 0.0155.